The molecule has 0 saturated carbocycles. The van der Waals surface area contributed by atoms with Crippen LogP contribution >= 0.6 is 23.2 Å². The number of rotatable bonds is 6. The van der Waals surface area contributed by atoms with Gasteiger partial charge in [0.2, 0.25) is 11.9 Å². The molecule has 10 heteroatoms. The Kier molecular flexibility index (Phi) is 6.38. The summed E-state index contributed by atoms with van der Waals surface area (Å²) in [6.45, 7) is 2.42. The van der Waals surface area contributed by atoms with Crippen LogP contribution in [0.2, 0.25) is 10.0 Å². The number of anilines is 1. The fourth-order valence-electron chi connectivity index (χ4n) is 4.37. The molecule has 3 heterocycles. The van der Waals surface area contributed by atoms with Crippen LogP contribution in [0.3, 0.4) is 0 Å². The van der Waals surface area contributed by atoms with Crippen LogP contribution in [0.5, 0.6) is 11.5 Å². The summed E-state index contributed by atoms with van der Waals surface area (Å²) in [5.74, 6) is 1.67. The Morgan fingerprint density at radius 3 is 2.53 bits per heavy atom. The van der Waals surface area contributed by atoms with E-state index in [2.05, 4.69) is 20.6 Å². The number of aromatic nitrogens is 2. The highest BCUT2D eigenvalue weighted by Crippen LogP contribution is 2.46. The monoisotopic (exact) mass is 501 g/mol. The number of likely N-dealkylation sites (tertiary alicyclic amines) is 1. The van der Waals surface area contributed by atoms with Crippen LogP contribution in [0.1, 0.15) is 12.8 Å². The van der Waals surface area contributed by atoms with Gasteiger partial charge in [0.1, 0.15) is 11.5 Å². The van der Waals surface area contributed by atoms with E-state index in [0.717, 1.165) is 36.0 Å². The average Bonchev–Trinajstić information content (AvgIpc) is 3.27. The van der Waals surface area contributed by atoms with Gasteiger partial charge in [0.25, 0.3) is 0 Å². The van der Waals surface area contributed by atoms with Gasteiger partial charge in [-0.3, -0.25) is 4.79 Å². The molecule has 0 unspecified atom stereocenters. The highest BCUT2D eigenvalue weighted by molar-refractivity contribution is 6.41. The molecule has 5 rings (SSSR count). The van der Waals surface area contributed by atoms with Crippen LogP contribution < -0.4 is 20.1 Å². The maximum atomic E-state index is 12.4. The standard InChI is InChI=1S/C24H25Cl2N5O3/c1-33-18-10-19(34-2)22(26)20(21(18)25)13-4-5-16-14(8-13)11-28-24(30-16)29-15-9-17(27-12-15)23(32)31-6-3-7-31/h4-5,8,10-11,15,17,27H,3,6-7,9,12H2,1-2H3,(H,28,29,30)/t15-,17-/m0/s1. The predicted molar refractivity (Wildman–Crippen MR) is 133 cm³/mol. The van der Waals surface area contributed by atoms with Crippen LogP contribution in [-0.4, -0.2) is 66.7 Å². The van der Waals surface area contributed by atoms with E-state index in [9.17, 15) is 4.79 Å². The molecule has 0 radical (unpaired) electrons. The number of hydrogen-bond acceptors (Lipinski definition) is 7. The van der Waals surface area contributed by atoms with Crippen molar-refractivity contribution in [3.8, 4) is 22.6 Å². The number of methoxy groups -OCH3 is 2. The summed E-state index contributed by atoms with van der Waals surface area (Å²) in [5, 5.41) is 8.32. The Labute approximate surface area is 207 Å². The van der Waals surface area contributed by atoms with Crippen LogP contribution in [-0.2, 0) is 4.79 Å². The van der Waals surface area contributed by atoms with Gasteiger partial charge >= 0.3 is 0 Å². The normalized spacial score (nSPS) is 19.7. The zero-order valence-corrected chi connectivity index (χ0v) is 20.4. The molecule has 3 aromatic rings. The number of benzene rings is 2. The fraction of sp³-hybridized carbons (Fsp3) is 0.375. The topological polar surface area (TPSA) is 88.6 Å². The molecule has 2 aliphatic heterocycles. The summed E-state index contributed by atoms with van der Waals surface area (Å²) >= 11 is 13.2. The largest absolute Gasteiger partial charge is 0.495 e. The van der Waals surface area contributed by atoms with Crippen LogP contribution in [0.4, 0.5) is 5.95 Å². The number of halogens is 2. The SMILES string of the molecule is COc1cc(OC)c(Cl)c(-c2ccc3nc(N[C@@H]4CN[C@H](C(=O)N5CCC5)C4)ncc3c2)c1Cl. The van der Waals surface area contributed by atoms with Crippen molar-refractivity contribution in [1.82, 2.24) is 20.2 Å². The Morgan fingerprint density at radius 1 is 1.15 bits per heavy atom. The first-order valence-electron chi connectivity index (χ1n) is 11.1. The molecule has 2 aromatic carbocycles. The van der Waals surface area contributed by atoms with E-state index in [0.29, 0.717) is 46.0 Å². The molecule has 0 bridgehead atoms. The average molecular weight is 502 g/mol. The van der Waals surface area contributed by atoms with Crippen molar-refractivity contribution < 1.29 is 14.3 Å². The molecule has 0 aliphatic carbocycles. The highest BCUT2D eigenvalue weighted by Gasteiger charge is 2.34. The number of amides is 1. The highest BCUT2D eigenvalue weighted by atomic mass is 35.5. The second-order valence-corrected chi connectivity index (χ2v) is 9.22. The molecule has 2 fully saturated rings. The Hall–Kier alpha value is -2.81. The second kappa shape index (κ2) is 9.44. The van der Waals surface area contributed by atoms with Gasteiger partial charge in [-0.25, -0.2) is 9.97 Å². The lowest BCUT2D eigenvalue weighted by atomic mass is 10.0. The fourth-order valence-corrected chi connectivity index (χ4v) is 5.09. The van der Waals surface area contributed by atoms with Gasteiger partial charge < -0.3 is 25.0 Å². The first kappa shape index (κ1) is 23.0. The number of hydrogen-bond donors (Lipinski definition) is 2. The lowest BCUT2D eigenvalue weighted by Crippen LogP contribution is -2.49. The van der Waals surface area contributed by atoms with Crippen molar-refractivity contribution in [2.75, 3.05) is 39.2 Å². The van der Waals surface area contributed by atoms with Gasteiger partial charge in [0.05, 0.1) is 35.8 Å². The van der Waals surface area contributed by atoms with E-state index < -0.39 is 0 Å². The van der Waals surface area contributed by atoms with Crippen LogP contribution in [0, 0.1) is 0 Å². The van der Waals surface area contributed by atoms with Gasteiger partial charge in [0.15, 0.2) is 0 Å². The van der Waals surface area contributed by atoms with Crippen LogP contribution in [0.25, 0.3) is 22.0 Å². The molecule has 8 nitrogen and oxygen atoms in total. The zero-order chi connectivity index (χ0) is 23.8. The third-order valence-electron chi connectivity index (χ3n) is 6.37. The number of fused-ring (bicyclic) bond motifs is 1. The minimum atomic E-state index is -0.143. The van der Waals surface area contributed by atoms with Crippen LogP contribution in [0.15, 0.2) is 30.5 Å². The third-order valence-corrected chi connectivity index (χ3v) is 7.12. The van der Waals surface area contributed by atoms with Gasteiger partial charge in [-0.1, -0.05) is 29.3 Å². The lowest BCUT2D eigenvalue weighted by molar-refractivity contribution is -0.136. The second-order valence-electron chi connectivity index (χ2n) is 8.47. The first-order valence-corrected chi connectivity index (χ1v) is 11.9. The molecular formula is C24H25Cl2N5O3. The molecule has 2 N–H and O–H groups in total. The molecule has 2 atom stereocenters. The van der Waals surface area contributed by atoms with Gasteiger partial charge in [0, 0.05) is 48.9 Å². The summed E-state index contributed by atoms with van der Waals surface area (Å²) in [7, 11) is 3.09. The molecule has 2 saturated heterocycles. The van der Waals surface area contributed by atoms with E-state index >= 15 is 0 Å². The molecule has 1 aromatic heterocycles. The number of carbonyl (C=O) groups excluding carboxylic acids is 1. The van der Waals surface area contributed by atoms with Gasteiger partial charge in [-0.15, -0.1) is 0 Å². The van der Waals surface area contributed by atoms with E-state index in [1.54, 1.807) is 26.5 Å². The zero-order valence-electron chi connectivity index (χ0n) is 18.9. The lowest BCUT2D eigenvalue weighted by Gasteiger charge is -2.33. The number of ether oxygens (including phenoxy) is 2. The Bertz CT molecular complexity index is 1220. The van der Waals surface area contributed by atoms with E-state index in [1.807, 2.05) is 23.1 Å². The maximum Gasteiger partial charge on any atom is 0.239 e. The summed E-state index contributed by atoms with van der Waals surface area (Å²) in [6, 6.07) is 7.35. The molecule has 2 aliphatic rings. The third kappa shape index (κ3) is 4.21. The minimum absolute atomic E-state index is 0.0915. The summed E-state index contributed by atoms with van der Waals surface area (Å²) in [6.07, 6.45) is 3.57. The molecule has 0 spiro atoms. The summed E-state index contributed by atoms with van der Waals surface area (Å²) in [5.41, 5.74) is 2.21. The van der Waals surface area contributed by atoms with Crippen molar-refractivity contribution in [1.29, 1.82) is 0 Å². The van der Waals surface area contributed by atoms with Crippen molar-refractivity contribution in [2.45, 2.75) is 24.9 Å². The molecule has 178 valence electrons. The van der Waals surface area contributed by atoms with Gasteiger partial charge in [-0.2, -0.15) is 0 Å². The molecule has 1 amide bonds. The summed E-state index contributed by atoms with van der Waals surface area (Å²) in [4.78, 5) is 23.5. The van der Waals surface area contributed by atoms with Crippen molar-refractivity contribution in [3.63, 3.8) is 0 Å². The predicted octanol–water partition coefficient (Wildman–Crippen LogP) is 4.00. The van der Waals surface area contributed by atoms with Crippen molar-refractivity contribution >= 4 is 46.0 Å². The minimum Gasteiger partial charge on any atom is -0.495 e. The van der Waals surface area contributed by atoms with E-state index in [-0.39, 0.29) is 18.0 Å². The van der Waals surface area contributed by atoms with E-state index in [4.69, 9.17) is 32.7 Å². The van der Waals surface area contributed by atoms with Gasteiger partial charge in [-0.05, 0) is 30.5 Å². The Morgan fingerprint density at radius 2 is 1.88 bits per heavy atom. The number of nitrogens with one attached hydrogen (secondary N) is 2. The smallest absolute Gasteiger partial charge is 0.239 e. The quantitative estimate of drug-likeness (QED) is 0.527. The molecular weight excluding hydrogens is 477 g/mol. The summed E-state index contributed by atoms with van der Waals surface area (Å²) < 4.78 is 10.8. The maximum absolute atomic E-state index is 12.4. The number of nitrogens with zero attached hydrogens (tertiary/aromatic N) is 3. The first-order chi connectivity index (χ1) is 16.5. The van der Waals surface area contributed by atoms with Crippen molar-refractivity contribution in [2.24, 2.45) is 0 Å². The molecule has 34 heavy (non-hydrogen) atoms. The van der Waals surface area contributed by atoms with E-state index in [1.165, 1.54) is 0 Å². The Balaban J connectivity index is 1.36. The van der Waals surface area contributed by atoms with Crippen molar-refractivity contribution in [3.05, 3.63) is 40.5 Å². The number of carbonyl (C=O) groups is 1.